The number of nitrogens with one attached hydrogen (secondary N) is 1. The Morgan fingerprint density at radius 3 is 2.72 bits per heavy atom. The number of rotatable bonds is 8. The molecule has 0 radical (unpaired) electrons. The minimum Gasteiger partial charge on any atom is -0.462 e. The predicted molar refractivity (Wildman–Crippen MR) is 122 cm³/mol. The van der Waals surface area contributed by atoms with E-state index in [-0.39, 0.29) is 36.0 Å². The quantitative estimate of drug-likeness (QED) is 0.186. The first-order valence-corrected chi connectivity index (χ1v) is 10.6. The topological polar surface area (TPSA) is 83.2 Å². The van der Waals surface area contributed by atoms with Crippen LogP contribution in [0.1, 0.15) is 51.1 Å². The average Bonchev–Trinajstić information content (AvgIpc) is 3.39. The van der Waals surface area contributed by atoms with E-state index in [9.17, 15) is 4.79 Å². The van der Waals surface area contributed by atoms with E-state index in [1.165, 1.54) is 12.8 Å². The van der Waals surface area contributed by atoms with Crippen LogP contribution in [0.4, 0.5) is 0 Å². The Bertz CT molecular complexity index is 612. The van der Waals surface area contributed by atoms with Crippen molar-refractivity contribution >= 4 is 35.9 Å². The van der Waals surface area contributed by atoms with Crippen LogP contribution in [0.5, 0.6) is 0 Å². The Labute approximate surface area is 190 Å². The van der Waals surface area contributed by atoms with Gasteiger partial charge in [0.25, 0.3) is 0 Å². The van der Waals surface area contributed by atoms with Crippen LogP contribution in [0.3, 0.4) is 0 Å². The maximum Gasteiger partial charge on any atom is 0.306 e. The highest BCUT2D eigenvalue weighted by molar-refractivity contribution is 14.0. The lowest BCUT2D eigenvalue weighted by molar-refractivity contribution is -0.148. The van der Waals surface area contributed by atoms with Gasteiger partial charge in [-0.2, -0.15) is 0 Å². The van der Waals surface area contributed by atoms with Gasteiger partial charge in [-0.25, -0.2) is 0 Å². The van der Waals surface area contributed by atoms with Crippen molar-refractivity contribution in [1.82, 2.24) is 20.3 Å². The van der Waals surface area contributed by atoms with Gasteiger partial charge in [0.05, 0.1) is 5.69 Å². The maximum atomic E-state index is 11.9. The zero-order chi connectivity index (χ0) is 19.6. The average molecular weight is 519 g/mol. The van der Waals surface area contributed by atoms with Crippen LogP contribution >= 0.6 is 24.0 Å². The van der Waals surface area contributed by atoms with Gasteiger partial charge in [0.1, 0.15) is 12.4 Å². The van der Waals surface area contributed by atoms with Crippen LogP contribution in [0.25, 0.3) is 0 Å². The van der Waals surface area contributed by atoms with Crippen molar-refractivity contribution in [2.45, 2.75) is 58.1 Å². The lowest BCUT2D eigenvalue weighted by atomic mass is 10.3. The fourth-order valence-corrected chi connectivity index (χ4v) is 3.75. The number of nitrogens with zero attached hydrogens (tertiary/aromatic N) is 4. The second-order valence-electron chi connectivity index (χ2n) is 7.49. The van der Waals surface area contributed by atoms with Gasteiger partial charge in [-0.1, -0.05) is 5.16 Å². The highest BCUT2D eigenvalue weighted by atomic mass is 127. The van der Waals surface area contributed by atoms with E-state index in [0.717, 1.165) is 70.2 Å². The number of hydrogen-bond acceptors (Lipinski definition) is 6. The standard InChI is InChI=1S/C20H33N5O3.HI/c1-2-21-20(22-10-5-8-19(26)28-18-6-3-4-7-18)25-13-11-24(12-14-25)16-17-9-15-27-23-17;/h9,15,18H,2-8,10-14,16H2,1H3,(H,21,22);1H. The molecule has 3 rings (SSSR count). The van der Waals surface area contributed by atoms with Crippen molar-refractivity contribution in [3.05, 3.63) is 18.0 Å². The van der Waals surface area contributed by atoms with E-state index in [1.807, 2.05) is 6.07 Å². The second-order valence-corrected chi connectivity index (χ2v) is 7.49. The minimum absolute atomic E-state index is 0. The zero-order valence-corrected chi connectivity index (χ0v) is 19.7. The van der Waals surface area contributed by atoms with Crippen molar-refractivity contribution < 1.29 is 14.1 Å². The first-order chi connectivity index (χ1) is 13.7. The Morgan fingerprint density at radius 2 is 2.07 bits per heavy atom. The van der Waals surface area contributed by atoms with Crippen molar-refractivity contribution in [3.8, 4) is 0 Å². The molecule has 1 aromatic rings. The molecule has 2 aliphatic rings. The smallest absolute Gasteiger partial charge is 0.306 e. The lowest BCUT2D eigenvalue weighted by Crippen LogP contribution is -2.52. The molecule has 0 spiro atoms. The number of carbonyl (C=O) groups is 1. The summed E-state index contributed by atoms with van der Waals surface area (Å²) in [5, 5.41) is 7.36. The van der Waals surface area contributed by atoms with Gasteiger partial charge in [0, 0.05) is 58.3 Å². The number of aromatic nitrogens is 1. The molecule has 1 aliphatic carbocycles. The molecule has 2 fully saturated rings. The molecule has 0 unspecified atom stereocenters. The third-order valence-electron chi connectivity index (χ3n) is 5.28. The molecule has 2 heterocycles. The normalized spacial score (nSPS) is 18.5. The summed E-state index contributed by atoms with van der Waals surface area (Å²) in [5.41, 5.74) is 0.971. The maximum absolute atomic E-state index is 11.9. The number of carbonyl (C=O) groups excluding carboxylic acids is 1. The van der Waals surface area contributed by atoms with Crippen molar-refractivity contribution in [3.63, 3.8) is 0 Å². The van der Waals surface area contributed by atoms with Gasteiger partial charge in [0.2, 0.25) is 0 Å². The molecular weight excluding hydrogens is 485 g/mol. The molecule has 0 aromatic carbocycles. The van der Waals surface area contributed by atoms with Gasteiger partial charge >= 0.3 is 5.97 Å². The summed E-state index contributed by atoms with van der Waals surface area (Å²) < 4.78 is 10.4. The fourth-order valence-electron chi connectivity index (χ4n) is 3.75. The van der Waals surface area contributed by atoms with E-state index in [2.05, 4.69) is 27.2 Å². The number of hydrogen-bond donors (Lipinski definition) is 1. The van der Waals surface area contributed by atoms with Crippen molar-refractivity contribution in [2.24, 2.45) is 4.99 Å². The fraction of sp³-hybridized carbons (Fsp3) is 0.750. The first kappa shape index (κ1) is 23.9. The number of guanidine groups is 1. The lowest BCUT2D eigenvalue weighted by Gasteiger charge is -2.36. The van der Waals surface area contributed by atoms with Crippen LogP contribution in [0.15, 0.2) is 21.8 Å². The highest BCUT2D eigenvalue weighted by Gasteiger charge is 2.21. The summed E-state index contributed by atoms with van der Waals surface area (Å²) in [4.78, 5) is 21.3. The molecule has 0 atom stereocenters. The molecule has 164 valence electrons. The number of halogens is 1. The van der Waals surface area contributed by atoms with Crippen LogP contribution in [0, 0.1) is 0 Å². The SMILES string of the molecule is CCNC(=NCCCC(=O)OC1CCCC1)N1CCN(Cc2ccon2)CC1.I. The van der Waals surface area contributed by atoms with E-state index >= 15 is 0 Å². The molecule has 1 aliphatic heterocycles. The summed E-state index contributed by atoms with van der Waals surface area (Å²) in [6.07, 6.45) is 7.36. The Hall–Kier alpha value is -1.36. The highest BCUT2D eigenvalue weighted by Crippen LogP contribution is 2.21. The van der Waals surface area contributed by atoms with E-state index in [4.69, 9.17) is 14.3 Å². The molecule has 0 bridgehead atoms. The van der Waals surface area contributed by atoms with E-state index < -0.39 is 0 Å². The van der Waals surface area contributed by atoms with Crippen LogP contribution in [0.2, 0.25) is 0 Å². The molecular formula is C20H34IN5O3. The predicted octanol–water partition coefficient (Wildman–Crippen LogP) is 2.64. The summed E-state index contributed by atoms with van der Waals surface area (Å²) >= 11 is 0. The number of aliphatic imine (C=N–C) groups is 1. The van der Waals surface area contributed by atoms with Crippen LogP contribution < -0.4 is 5.32 Å². The van der Waals surface area contributed by atoms with Gasteiger partial charge in [0.15, 0.2) is 5.96 Å². The Morgan fingerprint density at radius 1 is 1.31 bits per heavy atom. The molecule has 1 aromatic heterocycles. The number of piperazine rings is 1. The molecule has 9 heteroatoms. The summed E-state index contributed by atoms with van der Waals surface area (Å²) in [7, 11) is 0. The molecule has 1 saturated carbocycles. The second kappa shape index (κ2) is 13.0. The van der Waals surface area contributed by atoms with Gasteiger partial charge in [-0.05, 0) is 39.0 Å². The molecule has 0 amide bonds. The Balaban J connectivity index is 0.00000300. The van der Waals surface area contributed by atoms with Gasteiger partial charge < -0.3 is 19.5 Å². The molecule has 29 heavy (non-hydrogen) atoms. The molecule has 1 saturated heterocycles. The van der Waals surface area contributed by atoms with Crippen LogP contribution in [-0.2, 0) is 16.1 Å². The summed E-state index contributed by atoms with van der Waals surface area (Å²) in [5.74, 6) is 0.862. The van der Waals surface area contributed by atoms with Gasteiger partial charge in [-0.3, -0.25) is 14.7 Å². The third-order valence-corrected chi connectivity index (χ3v) is 5.28. The van der Waals surface area contributed by atoms with Crippen LogP contribution in [-0.4, -0.2) is 72.3 Å². The molecule has 8 nitrogen and oxygen atoms in total. The molecule has 1 N–H and O–H groups in total. The largest absolute Gasteiger partial charge is 0.462 e. The number of esters is 1. The Kier molecular flexibility index (Phi) is 10.8. The summed E-state index contributed by atoms with van der Waals surface area (Å²) in [6, 6.07) is 1.91. The van der Waals surface area contributed by atoms with Crippen molar-refractivity contribution in [2.75, 3.05) is 39.3 Å². The van der Waals surface area contributed by atoms with Crippen molar-refractivity contribution in [1.29, 1.82) is 0 Å². The first-order valence-electron chi connectivity index (χ1n) is 10.6. The zero-order valence-electron chi connectivity index (χ0n) is 17.3. The number of ether oxygens (including phenoxy) is 1. The summed E-state index contributed by atoms with van der Waals surface area (Å²) in [6.45, 7) is 8.15. The van der Waals surface area contributed by atoms with E-state index in [1.54, 1.807) is 6.26 Å². The minimum atomic E-state index is -0.0754. The van der Waals surface area contributed by atoms with Gasteiger partial charge in [-0.15, -0.1) is 24.0 Å². The van der Waals surface area contributed by atoms with E-state index in [0.29, 0.717) is 13.0 Å². The third kappa shape index (κ3) is 8.12. The monoisotopic (exact) mass is 519 g/mol.